The monoisotopic (exact) mass is 185 g/mol. The second-order valence-electron chi connectivity index (χ2n) is 3.86. The molecule has 0 aromatic heterocycles. The highest BCUT2D eigenvalue weighted by atomic mass is 16.5. The van der Waals surface area contributed by atoms with Crippen molar-refractivity contribution < 1.29 is 4.74 Å². The van der Waals surface area contributed by atoms with E-state index in [1.54, 1.807) is 0 Å². The maximum absolute atomic E-state index is 5.38. The number of rotatable bonds is 0. The minimum atomic E-state index is 0.670. The summed E-state index contributed by atoms with van der Waals surface area (Å²) < 4.78 is 5.38. The molecular weight excluding hydrogens is 162 g/mol. The van der Waals surface area contributed by atoms with E-state index in [0.29, 0.717) is 5.41 Å². The van der Waals surface area contributed by atoms with Crippen LogP contribution in [0.5, 0.6) is 0 Å². The van der Waals surface area contributed by atoms with Gasteiger partial charge in [-0.25, -0.2) is 0 Å². The Balaban J connectivity index is 0.000000396. The first kappa shape index (κ1) is 11.0. The van der Waals surface area contributed by atoms with E-state index in [2.05, 4.69) is 5.32 Å². The molecule has 2 fully saturated rings. The van der Waals surface area contributed by atoms with Gasteiger partial charge in [-0.05, 0) is 44.2 Å². The van der Waals surface area contributed by atoms with Crippen LogP contribution in [0.3, 0.4) is 0 Å². The molecule has 2 heteroatoms. The van der Waals surface area contributed by atoms with Gasteiger partial charge in [0.05, 0.1) is 0 Å². The number of nitrogens with one attached hydrogen (secondary N) is 1. The highest BCUT2D eigenvalue weighted by molar-refractivity contribution is 4.86. The van der Waals surface area contributed by atoms with Crippen molar-refractivity contribution in [1.29, 1.82) is 0 Å². The summed E-state index contributed by atoms with van der Waals surface area (Å²) in [6.07, 6.45) is 5.34. The van der Waals surface area contributed by atoms with Crippen LogP contribution in [0.1, 0.15) is 39.5 Å². The van der Waals surface area contributed by atoms with Gasteiger partial charge in [-0.2, -0.15) is 0 Å². The molecular formula is C11H23NO. The van der Waals surface area contributed by atoms with E-state index >= 15 is 0 Å². The highest BCUT2D eigenvalue weighted by Gasteiger charge is 2.33. The zero-order valence-electron chi connectivity index (χ0n) is 9.07. The molecule has 78 valence electrons. The van der Waals surface area contributed by atoms with Crippen molar-refractivity contribution in [2.45, 2.75) is 39.5 Å². The molecule has 0 bridgehead atoms. The van der Waals surface area contributed by atoms with Crippen molar-refractivity contribution in [3.8, 4) is 0 Å². The van der Waals surface area contributed by atoms with Gasteiger partial charge in [0, 0.05) is 13.2 Å². The van der Waals surface area contributed by atoms with Crippen LogP contribution in [0.15, 0.2) is 0 Å². The maximum Gasteiger partial charge on any atom is 0.0471 e. The third-order valence-corrected chi connectivity index (χ3v) is 3.22. The topological polar surface area (TPSA) is 21.3 Å². The van der Waals surface area contributed by atoms with Crippen LogP contribution < -0.4 is 5.32 Å². The Bertz CT molecular complexity index is 105. The second-order valence-corrected chi connectivity index (χ2v) is 3.86. The standard InChI is InChI=1S/C9H17NO.C2H6/c1-5-10-6-2-9(1)3-7-11-8-4-9;1-2/h10H,1-8H2;1-2H3. The summed E-state index contributed by atoms with van der Waals surface area (Å²) in [7, 11) is 0. The van der Waals surface area contributed by atoms with Gasteiger partial charge in [-0.15, -0.1) is 0 Å². The summed E-state index contributed by atoms with van der Waals surface area (Å²) in [6, 6.07) is 0. The molecule has 2 aliphatic heterocycles. The van der Waals surface area contributed by atoms with Gasteiger partial charge in [-0.3, -0.25) is 0 Å². The van der Waals surface area contributed by atoms with E-state index in [1.807, 2.05) is 13.8 Å². The molecule has 2 saturated heterocycles. The molecule has 2 rings (SSSR count). The zero-order chi connectivity index (χ0) is 9.57. The van der Waals surface area contributed by atoms with Crippen LogP contribution in [0.4, 0.5) is 0 Å². The van der Waals surface area contributed by atoms with Crippen LogP contribution in [0.2, 0.25) is 0 Å². The summed E-state index contributed by atoms with van der Waals surface area (Å²) >= 11 is 0. The lowest BCUT2D eigenvalue weighted by atomic mass is 9.73. The summed E-state index contributed by atoms with van der Waals surface area (Å²) in [5.41, 5.74) is 0.670. The number of ether oxygens (including phenoxy) is 1. The fourth-order valence-electron chi connectivity index (χ4n) is 2.26. The van der Waals surface area contributed by atoms with Gasteiger partial charge in [0.15, 0.2) is 0 Å². The van der Waals surface area contributed by atoms with Crippen molar-refractivity contribution in [1.82, 2.24) is 5.32 Å². The van der Waals surface area contributed by atoms with Gasteiger partial charge in [0.2, 0.25) is 0 Å². The van der Waals surface area contributed by atoms with Crippen molar-refractivity contribution in [3.63, 3.8) is 0 Å². The van der Waals surface area contributed by atoms with E-state index in [9.17, 15) is 0 Å². The van der Waals surface area contributed by atoms with Crippen LogP contribution in [-0.4, -0.2) is 26.3 Å². The van der Waals surface area contributed by atoms with Crippen LogP contribution in [-0.2, 0) is 4.74 Å². The largest absolute Gasteiger partial charge is 0.381 e. The van der Waals surface area contributed by atoms with Gasteiger partial charge < -0.3 is 10.1 Å². The SMILES string of the molecule is C1CC2(CCN1)CCOCC2.CC. The lowest BCUT2D eigenvalue weighted by molar-refractivity contribution is -0.00102. The van der Waals surface area contributed by atoms with Gasteiger partial charge in [0.25, 0.3) is 0 Å². The molecule has 0 radical (unpaired) electrons. The first-order valence-corrected chi connectivity index (χ1v) is 5.70. The van der Waals surface area contributed by atoms with E-state index in [-0.39, 0.29) is 0 Å². The third kappa shape index (κ3) is 2.96. The number of hydrogen-bond acceptors (Lipinski definition) is 2. The molecule has 0 amide bonds. The molecule has 1 spiro atoms. The van der Waals surface area contributed by atoms with E-state index in [1.165, 1.54) is 38.8 Å². The molecule has 0 unspecified atom stereocenters. The molecule has 0 aromatic rings. The number of piperidine rings is 1. The first-order valence-electron chi connectivity index (χ1n) is 5.70. The molecule has 0 aliphatic carbocycles. The quantitative estimate of drug-likeness (QED) is 0.624. The lowest BCUT2D eigenvalue weighted by Gasteiger charge is -2.40. The van der Waals surface area contributed by atoms with Crippen molar-refractivity contribution in [3.05, 3.63) is 0 Å². The number of hydrogen-bond donors (Lipinski definition) is 1. The fourth-order valence-corrected chi connectivity index (χ4v) is 2.26. The molecule has 2 nitrogen and oxygen atoms in total. The molecule has 2 aliphatic rings. The normalized spacial score (nSPS) is 26.3. The van der Waals surface area contributed by atoms with E-state index < -0.39 is 0 Å². The van der Waals surface area contributed by atoms with Crippen LogP contribution in [0.25, 0.3) is 0 Å². The Labute approximate surface area is 82.0 Å². The van der Waals surface area contributed by atoms with E-state index in [4.69, 9.17) is 4.74 Å². The fraction of sp³-hybridized carbons (Fsp3) is 1.00. The predicted octanol–water partition coefficient (Wildman–Crippen LogP) is 2.19. The van der Waals surface area contributed by atoms with E-state index in [0.717, 1.165) is 13.2 Å². The summed E-state index contributed by atoms with van der Waals surface area (Å²) in [4.78, 5) is 0. The molecule has 0 aromatic carbocycles. The molecule has 0 saturated carbocycles. The molecule has 0 atom stereocenters. The Morgan fingerprint density at radius 3 is 2.00 bits per heavy atom. The van der Waals surface area contributed by atoms with Crippen LogP contribution >= 0.6 is 0 Å². The molecule has 2 heterocycles. The van der Waals surface area contributed by atoms with Crippen molar-refractivity contribution in [2.75, 3.05) is 26.3 Å². The minimum Gasteiger partial charge on any atom is -0.381 e. The Morgan fingerprint density at radius 1 is 0.923 bits per heavy atom. The van der Waals surface area contributed by atoms with Gasteiger partial charge in [-0.1, -0.05) is 13.8 Å². The van der Waals surface area contributed by atoms with Crippen molar-refractivity contribution in [2.24, 2.45) is 5.41 Å². The second kappa shape index (κ2) is 5.61. The lowest BCUT2D eigenvalue weighted by Crippen LogP contribution is -2.40. The Morgan fingerprint density at radius 2 is 1.46 bits per heavy atom. The smallest absolute Gasteiger partial charge is 0.0471 e. The maximum atomic E-state index is 5.38. The average Bonchev–Trinajstić information content (AvgIpc) is 2.23. The van der Waals surface area contributed by atoms with Gasteiger partial charge in [0.1, 0.15) is 0 Å². The Hall–Kier alpha value is -0.0800. The van der Waals surface area contributed by atoms with Crippen LogP contribution in [0, 0.1) is 5.41 Å². The minimum absolute atomic E-state index is 0.670. The summed E-state index contributed by atoms with van der Waals surface area (Å²) in [6.45, 7) is 8.44. The molecule has 1 N–H and O–H groups in total. The zero-order valence-corrected chi connectivity index (χ0v) is 9.07. The predicted molar refractivity (Wildman–Crippen MR) is 55.9 cm³/mol. The third-order valence-electron chi connectivity index (χ3n) is 3.22. The van der Waals surface area contributed by atoms with Gasteiger partial charge >= 0.3 is 0 Å². The average molecular weight is 185 g/mol. The first-order chi connectivity index (χ1) is 6.41. The highest BCUT2D eigenvalue weighted by Crippen LogP contribution is 2.38. The van der Waals surface area contributed by atoms with Crippen molar-refractivity contribution >= 4 is 0 Å². The summed E-state index contributed by atoms with van der Waals surface area (Å²) in [5, 5.41) is 3.42. The Kier molecular flexibility index (Phi) is 4.74. The molecule has 13 heavy (non-hydrogen) atoms. The summed E-state index contributed by atoms with van der Waals surface area (Å²) in [5.74, 6) is 0.